The number of hydrogen-bond donors (Lipinski definition) is 0. The molecule has 0 unspecified atom stereocenters. The van der Waals surface area contributed by atoms with E-state index in [1.165, 1.54) is 0 Å². The Kier molecular flexibility index (Phi) is 91.5. The maximum Gasteiger partial charge on any atom is 0 e. The summed E-state index contributed by atoms with van der Waals surface area (Å²) in [4.78, 5) is 0. The summed E-state index contributed by atoms with van der Waals surface area (Å²) in [7, 11) is 0. The largest absolute Gasteiger partial charge is 0 e. The zero-order valence-corrected chi connectivity index (χ0v) is 10.4. The second kappa shape index (κ2) is 15.6. The molecule has 0 fully saturated rings. The summed E-state index contributed by atoms with van der Waals surface area (Å²) >= 11 is 0. The molecule has 0 spiro atoms. The quantitative estimate of drug-likeness (QED) is 0.332. The second-order valence-electron chi connectivity index (χ2n) is 0. The van der Waals surface area contributed by atoms with Crippen LogP contribution in [0.1, 0.15) is 0 Å². The van der Waals surface area contributed by atoms with Crippen LogP contribution in [0, 0.1) is 89.3 Å². The van der Waals surface area contributed by atoms with Crippen LogP contribution in [0.3, 0.4) is 0 Å². The Labute approximate surface area is 137 Å². The van der Waals surface area contributed by atoms with E-state index in [-0.39, 0.29) is 141 Å². The van der Waals surface area contributed by atoms with E-state index >= 15 is 0 Å². The van der Waals surface area contributed by atoms with Gasteiger partial charge in [-0.2, -0.15) is 0 Å². The van der Waals surface area contributed by atoms with Crippen LogP contribution < -0.4 is 0 Å². The van der Waals surface area contributed by atoms with Crippen molar-refractivity contribution in [2.24, 2.45) is 0 Å². The van der Waals surface area contributed by atoms with Crippen LogP contribution in [-0.2, 0) is 26.2 Å². The first-order valence-corrected chi connectivity index (χ1v) is 0. The maximum absolute atomic E-state index is 0. The smallest absolute Gasteiger partial charge is 0 e. The van der Waals surface area contributed by atoms with E-state index in [2.05, 4.69) is 0 Å². The SMILES string of the molecule is [Eu].[InH3].[Th].[Zr]. The molecule has 0 rings (SSSR count). The Morgan fingerprint density at radius 3 is 1.00 bits per heavy atom. The average molecular weight is 593 g/mol. The molecule has 0 saturated carbocycles. The zero-order valence-electron chi connectivity index (χ0n) is 1.38. The van der Waals surface area contributed by atoms with Crippen molar-refractivity contribution >= 4 is 25.8 Å². The molecule has 0 aromatic carbocycles. The van der Waals surface area contributed by atoms with Gasteiger partial charge in [0.25, 0.3) is 0 Å². The van der Waals surface area contributed by atoms with Crippen molar-refractivity contribution in [2.75, 3.05) is 0 Å². The molecule has 0 bridgehead atoms. The second-order valence-corrected chi connectivity index (χ2v) is 0. The molecular formula is H3EuInThZr. The standard InChI is InChI=1S/Eu.In.Th.Zr.3H. The van der Waals surface area contributed by atoms with Crippen LogP contribution in [0.25, 0.3) is 0 Å². The van der Waals surface area contributed by atoms with E-state index < -0.39 is 0 Å². The molecule has 0 aromatic heterocycles. The first-order chi connectivity index (χ1) is 0. The van der Waals surface area contributed by atoms with Crippen LogP contribution >= 0.6 is 0 Å². The predicted molar refractivity (Wildman–Crippen MR) is 9.94 cm³/mol. The minimum Gasteiger partial charge on any atom is 0 e. The minimum absolute atomic E-state index is 0. The minimum atomic E-state index is 0. The van der Waals surface area contributed by atoms with E-state index in [1.807, 2.05) is 0 Å². The van der Waals surface area contributed by atoms with Crippen molar-refractivity contribution in [2.45, 2.75) is 0 Å². The van der Waals surface area contributed by atoms with E-state index in [1.54, 1.807) is 0 Å². The fraction of sp³-hybridized carbons (Fsp3) is 0. The first kappa shape index (κ1) is 23.4. The molecule has 0 N–H and O–H groups in total. The molecule has 0 nitrogen and oxygen atoms in total. The number of hydrogen-bond acceptors (Lipinski definition) is 0. The molecule has 4 heavy (non-hydrogen) atoms. The summed E-state index contributed by atoms with van der Waals surface area (Å²) in [6.45, 7) is 0. The third-order valence-electron chi connectivity index (χ3n) is 0. The van der Waals surface area contributed by atoms with Gasteiger partial charge in [0.2, 0.25) is 0 Å². The molecule has 0 saturated heterocycles. The fourth-order valence-electron chi connectivity index (χ4n) is 0. The molecule has 0 aromatic rings. The van der Waals surface area contributed by atoms with Crippen LogP contribution in [0.5, 0.6) is 0 Å². The molecule has 21 valence electrons. The van der Waals surface area contributed by atoms with Gasteiger partial charge in [0.05, 0.1) is 0 Å². The van der Waals surface area contributed by atoms with Crippen LogP contribution in [0.2, 0.25) is 0 Å². The van der Waals surface area contributed by atoms with Gasteiger partial charge in [0.15, 0.2) is 0 Å². The van der Waals surface area contributed by atoms with E-state index in [0.29, 0.717) is 0 Å². The Bertz CT molecular complexity index is 8.00. The molecule has 0 amide bonds. The molecule has 0 atom stereocenters. The van der Waals surface area contributed by atoms with E-state index in [4.69, 9.17) is 0 Å². The van der Waals surface area contributed by atoms with Crippen molar-refractivity contribution in [3.63, 3.8) is 0 Å². The van der Waals surface area contributed by atoms with Gasteiger partial charge in [-0.25, -0.2) is 0 Å². The van der Waals surface area contributed by atoms with Crippen molar-refractivity contribution in [1.29, 1.82) is 0 Å². The number of rotatable bonds is 0. The molecule has 4 heteroatoms. The molecule has 1 radical (unpaired) electrons. The van der Waals surface area contributed by atoms with Gasteiger partial charge in [-0.05, 0) is 0 Å². The van der Waals surface area contributed by atoms with Crippen molar-refractivity contribution in [3.8, 4) is 0 Å². The summed E-state index contributed by atoms with van der Waals surface area (Å²) < 4.78 is 0. The maximum atomic E-state index is 0. The van der Waals surface area contributed by atoms with Crippen molar-refractivity contribution < 1.29 is 116 Å². The normalized spacial score (nSPS) is 0. The van der Waals surface area contributed by atoms with Gasteiger partial charge in [-0.1, -0.05) is 0 Å². The van der Waals surface area contributed by atoms with Gasteiger partial charge in [0.1, 0.15) is 0 Å². The first-order valence-electron chi connectivity index (χ1n) is 0. The van der Waals surface area contributed by atoms with Crippen LogP contribution in [-0.4, -0.2) is 25.8 Å². The van der Waals surface area contributed by atoms with Crippen LogP contribution in [0.4, 0.5) is 0 Å². The predicted octanol–water partition coefficient (Wildman–Crippen LogP) is -1.19. The molecule has 0 aliphatic heterocycles. The van der Waals surface area contributed by atoms with Gasteiger partial charge >= 0.3 is 25.8 Å². The van der Waals surface area contributed by atoms with E-state index in [0.717, 1.165) is 0 Å². The zero-order chi connectivity index (χ0) is 0. The summed E-state index contributed by atoms with van der Waals surface area (Å²) in [5.74, 6) is 0. The van der Waals surface area contributed by atoms with Gasteiger partial charge in [-0.15, -0.1) is 0 Å². The van der Waals surface area contributed by atoms with Crippen molar-refractivity contribution in [1.82, 2.24) is 0 Å². The van der Waals surface area contributed by atoms with Crippen LogP contribution in [0.15, 0.2) is 0 Å². The summed E-state index contributed by atoms with van der Waals surface area (Å²) in [6, 6.07) is 0. The topological polar surface area (TPSA) is 0 Å². The Morgan fingerprint density at radius 1 is 1.00 bits per heavy atom. The third-order valence-corrected chi connectivity index (χ3v) is 0. The molecule has 0 aliphatic rings. The molecule has 0 aliphatic carbocycles. The van der Waals surface area contributed by atoms with Gasteiger partial charge in [0, 0.05) is 116 Å². The Balaban J connectivity index is 0. The monoisotopic (exact) mass is 593 g/mol. The average Bonchev–Trinajstić information content (AvgIpc) is 0. The van der Waals surface area contributed by atoms with Gasteiger partial charge < -0.3 is 0 Å². The fourth-order valence-corrected chi connectivity index (χ4v) is 0. The summed E-state index contributed by atoms with van der Waals surface area (Å²) in [6.07, 6.45) is 0. The van der Waals surface area contributed by atoms with Crippen molar-refractivity contribution in [3.05, 3.63) is 0 Å². The summed E-state index contributed by atoms with van der Waals surface area (Å²) in [5.41, 5.74) is 0. The summed E-state index contributed by atoms with van der Waals surface area (Å²) in [5, 5.41) is 0. The molecular weight excluding hydrogens is 590 g/mol. The third kappa shape index (κ3) is 9.83. The molecule has 0 heterocycles. The van der Waals surface area contributed by atoms with E-state index in [9.17, 15) is 0 Å². The Hall–Kier alpha value is 4.66. The Morgan fingerprint density at radius 2 is 1.00 bits per heavy atom. The van der Waals surface area contributed by atoms with Gasteiger partial charge in [-0.3, -0.25) is 0 Å².